The Morgan fingerprint density at radius 3 is 2.69 bits per heavy atom. The maximum Gasteiger partial charge on any atom is 0.132 e. The highest BCUT2D eigenvalue weighted by atomic mass is 19.1. The van der Waals surface area contributed by atoms with Crippen LogP contribution in [0.1, 0.15) is 12.5 Å². The summed E-state index contributed by atoms with van der Waals surface area (Å²) in [5, 5.41) is 3.51. The van der Waals surface area contributed by atoms with Crippen molar-refractivity contribution in [1.29, 1.82) is 0 Å². The van der Waals surface area contributed by atoms with Crippen LogP contribution >= 0.6 is 0 Å². The molecule has 0 fully saturated rings. The molecule has 0 heterocycles. The van der Waals surface area contributed by atoms with Crippen LogP contribution in [-0.2, 0) is 4.84 Å². The van der Waals surface area contributed by atoms with Crippen LogP contribution in [0.4, 0.5) is 8.78 Å². The highest BCUT2D eigenvalue weighted by molar-refractivity contribution is 5.98. The molecule has 0 saturated heterocycles. The second-order valence-corrected chi connectivity index (χ2v) is 2.48. The van der Waals surface area contributed by atoms with Crippen molar-refractivity contribution in [1.82, 2.24) is 0 Å². The van der Waals surface area contributed by atoms with E-state index in [1.165, 1.54) is 7.11 Å². The van der Waals surface area contributed by atoms with Crippen molar-refractivity contribution in [3.8, 4) is 0 Å². The fourth-order valence-corrected chi connectivity index (χ4v) is 0.961. The monoisotopic (exact) mass is 185 g/mol. The Kier molecular flexibility index (Phi) is 2.95. The average Bonchev–Trinajstić information content (AvgIpc) is 2.09. The zero-order chi connectivity index (χ0) is 9.84. The van der Waals surface area contributed by atoms with Crippen LogP contribution in [0.3, 0.4) is 0 Å². The van der Waals surface area contributed by atoms with Gasteiger partial charge in [-0.05, 0) is 25.1 Å². The van der Waals surface area contributed by atoms with Gasteiger partial charge in [0.25, 0.3) is 0 Å². The Morgan fingerprint density at radius 1 is 1.38 bits per heavy atom. The van der Waals surface area contributed by atoms with Crippen LogP contribution in [0.2, 0.25) is 0 Å². The van der Waals surface area contributed by atoms with Gasteiger partial charge in [0, 0.05) is 5.56 Å². The van der Waals surface area contributed by atoms with E-state index < -0.39 is 11.6 Å². The summed E-state index contributed by atoms with van der Waals surface area (Å²) < 4.78 is 25.7. The van der Waals surface area contributed by atoms with Gasteiger partial charge in [0.1, 0.15) is 18.7 Å². The standard InChI is InChI=1S/C9H9F2NO/c1-6(12-13-2)8-5-7(10)3-4-9(8)11/h3-5H,1-2H3. The van der Waals surface area contributed by atoms with Crippen molar-refractivity contribution >= 4 is 5.71 Å². The molecule has 0 aliphatic carbocycles. The van der Waals surface area contributed by atoms with Crippen LogP contribution in [0, 0.1) is 11.6 Å². The van der Waals surface area contributed by atoms with E-state index in [1.807, 2.05) is 0 Å². The van der Waals surface area contributed by atoms with Crippen molar-refractivity contribution in [3.63, 3.8) is 0 Å². The first-order valence-electron chi connectivity index (χ1n) is 3.68. The van der Waals surface area contributed by atoms with Gasteiger partial charge < -0.3 is 4.84 Å². The summed E-state index contributed by atoms with van der Waals surface area (Å²) in [4.78, 5) is 4.45. The Morgan fingerprint density at radius 2 is 2.08 bits per heavy atom. The molecular weight excluding hydrogens is 176 g/mol. The molecule has 0 saturated carbocycles. The predicted octanol–water partition coefficient (Wildman–Crippen LogP) is 2.34. The zero-order valence-corrected chi connectivity index (χ0v) is 7.34. The SMILES string of the molecule is CON=C(C)c1cc(F)ccc1F. The van der Waals surface area contributed by atoms with Gasteiger partial charge >= 0.3 is 0 Å². The molecule has 0 N–H and O–H groups in total. The van der Waals surface area contributed by atoms with E-state index in [4.69, 9.17) is 0 Å². The summed E-state index contributed by atoms with van der Waals surface area (Å²) in [6.45, 7) is 1.54. The number of rotatable bonds is 2. The Labute approximate surface area is 74.8 Å². The number of halogens is 2. The maximum absolute atomic E-state index is 13.0. The average molecular weight is 185 g/mol. The molecule has 1 aromatic carbocycles. The molecule has 0 aromatic heterocycles. The molecular formula is C9H9F2NO. The predicted molar refractivity (Wildman–Crippen MR) is 45.6 cm³/mol. The molecule has 1 rings (SSSR count). The molecule has 0 bridgehead atoms. The van der Waals surface area contributed by atoms with E-state index in [2.05, 4.69) is 9.99 Å². The third-order valence-corrected chi connectivity index (χ3v) is 1.55. The molecule has 2 nitrogen and oxygen atoms in total. The third kappa shape index (κ3) is 2.24. The van der Waals surface area contributed by atoms with Crippen LogP contribution in [-0.4, -0.2) is 12.8 Å². The molecule has 4 heteroatoms. The molecule has 13 heavy (non-hydrogen) atoms. The Bertz CT molecular complexity index is 336. The van der Waals surface area contributed by atoms with Gasteiger partial charge in [0.05, 0.1) is 5.71 Å². The van der Waals surface area contributed by atoms with Gasteiger partial charge in [-0.15, -0.1) is 0 Å². The third-order valence-electron chi connectivity index (χ3n) is 1.55. The van der Waals surface area contributed by atoms with E-state index in [0.29, 0.717) is 5.71 Å². The lowest BCUT2D eigenvalue weighted by Gasteiger charge is -2.01. The van der Waals surface area contributed by atoms with Gasteiger partial charge in [0.15, 0.2) is 0 Å². The molecule has 0 aliphatic heterocycles. The van der Waals surface area contributed by atoms with Gasteiger partial charge in [-0.1, -0.05) is 5.16 Å². The van der Waals surface area contributed by atoms with Crippen molar-refractivity contribution in [3.05, 3.63) is 35.4 Å². The van der Waals surface area contributed by atoms with E-state index >= 15 is 0 Å². The van der Waals surface area contributed by atoms with Crippen LogP contribution in [0.15, 0.2) is 23.4 Å². The van der Waals surface area contributed by atoms with Crippen molar-refractivity contribution in [2.75, 3.05) is 7.11 Å². The molecule has 0 radical (unpaired) electrons. The summed E-state index contributed by atoms with van der Waals surface area (Å²) in [6, 6.07) is 3.19. The Hall–Kier alpha value is -1.45. The smallest absolute Gasteiger partial charge is 0.132 e. The normalized spacial score (nSPS) is 11.5. The topological polar surface area (TPSA) is 21.6 Å². The largest absolute Gasteiger partial charge is 0.399 e. The van der Waals surface area contributed by atoms with Crippen LogP contribution < -0.4 is 0 Å². The lowest BCUT2D eigenvalue weighted by molar-refractivity contribution is 0.213. The second-order valence-electron chi connectivity index (χ2n) is 2.48. The first kappa shape index (κ1) is 9.64. The molecule has 0 unspecified atom stereocenters. The number of hydrogen-bond acceptors (Lipinski definition) is 2. The fraction of sp³-hybridized carbons (Fsp3) is 0.222. The molecule has 1 aromatic rings. The fourth-order valence-electron chi connectivity index (χ4n) is 0.961. The number of oxime groups is 1. The first-order valence-corrected chi connectivity index (χ1v) is 3.68. The summed E-state index contributed by atoms with van der Waals surface area (Å²) >= 11 is 0. The van der Waals surface area contributed by atoms with Crippen molar-refractivity contribution in [2.24, 2.45) is 5.16 Å². The minimum absolute atomic E-state index is 0.113. The van der Waals surface area contributed by atoms with Gasteiger partial charge in [-0.2, -0.15) is 0 Å². The summed E-state index contributed by atoms with van der Waals surface area (Å²) in [5.74, 6) is -1.01. The van der Waals surface area contributed by atoms with Gasteiger partial charge in [-0.3, -0.25) is 0 Å². The number of benzene rings is 1. The van der Waals surface area contributed by atoms with E-state index in [1.54, 1.807) is 6.92 Å². The van der Waals surface area contributed by atoms with Crippen LogP contribution in [0.25, 0.3) is 0 Å². The first-order chi connectivity index (χ1) is 6.15. The van der Waals surface area contributed by atoms with Gasteiger partial charge in [0.2, 0.25) is 0 Å². The van der Waals surface area contributed by atoms with Gasteiger partial charge in [-0.25, -0.2) is 8.78 Å². The zero-order valence-electron chi connectivity index (χ0n) is 7.34. The molecule has 0 atom stereocenters. The summed E-state index contributed by atoms with van der Waals surface area (Å²) in [6.07, 6.45) is 0. The lowest BCUT2D eigenvalue weighted by Crippen LogP contribution is -2.00. The molecule has 0 amide bonds. The van der Waals surface area contributed by atoms with Crippen LogP contribution in [0.5, 0.6) is 0 Å². The second kappa shape index (κ2) is 3.98. The van der Waals surface area contributed by atoms with Crippen molar-refractivity contribution in [2.45, 2.75) is 6.92 Å². The summed E-state index contributed by atoms with van der Waals surface area (Å²) in [5.41, 5.74) is 0.418. The Balaban J connectivity index is 3.13. The molecule has 70 valence electrons. The van der Waals surface area contributed by atoms with E-state index in [9.17, 15) is 8.78 Å². The van der Waals surface area contributed by atoms with E-state index in [0.717, 1.165) is 18.2 Å². The molecule has 0 aliphatic rings. The summed E-state index contributed by atoms with van der Waals surface area (Å²) in [7, 11) is 1.35. The highest BCUT2D eigenvalue weighted by Gasteiger charge is 2.06. The lowest BCUT2D eigenvalue weighted by atomic mass is 10.1. The minimum atomic E-state index is -0.514. The molecule has 0 spiro atoms. The number of hydrogen-bond donors (Lipinski definition) is 0. The number of nitrogens with zero attached hydrogens (tertiary/aromatic N) is 1. The highest BCUT2D eigenvalue weighted by Crippen LogP contribution is 2.10. The maximum atomic E-state index is 13.0. The quantitative estimate of drug-likeness (QED) is 0.512. The minimum Gasteiger partial charge on any atom is -0.399 e. The van der Waals surface area contributed by atoms with Crippen molar-refractivity contribution < 1.29 is 13.6 Å². The van der Waals surface area contributed by atoms with E-state index in [-0.39, 0.29) is 5.56 Å².